The SMILES string of the molecule is N#C[C@]1(CO)O[C@@H](n2ccc(=O)nc2NO)[C@H](F)[C@@H]1O. The summed E-state index contributed by atoms with van der Waals surface area (Å²) in [6, 6.07) is 2.50. The summed E-state index contributed by atoms with van der Waals surface area (Å²) >= 11 is 0. The third-order valence-electron chi connectivity index (χ3n) is 3.02. The topological polar surface area (TPSA) is 141 Å². The highest BCUT2D eigenvalue weighted by Gasteiger charge is 2.56. The summed E-state index contributed by atoms with van der Waals surface area (Å²) in [5, 5.41) is 36.6. The minimum absolute atomic E-state index is 0.427. The van der Waals surface area contributed by atoms with Gasteiger partial charge in [0.15, 0.2) is 12.4 Å². The number of rotatable bonds is 3. The van der Waals surface area contributed by atoms with Gasteiger partial charge in [-0.1, -0.05) is 0 Å². The summed E-state index contributed by atoms with van der Waals surface area (Å²) in [5.41, 5.74) is -1.23. The predicted octanol–water partition coefficient (Wildman–Crippen LogP) is -1.47. The van der Waals surface area contributed by atoms with E-state index in [-0.39, 0.29) is 0 Å². The molecule has 0 aliphatic carbocycles. The van der Waals surface area contributed by atoms with Crippen molar-refractivity contribution in [3.63, 3.8) is 0 Å². The van der Waals surface area contributed by atoms with Crippen LogP contribution in [0.4, 0.5) is 10.3 Å². The van der Waals surface area contributed by atoms with Crippen molar-refractivity contribution in [2.45, 2.75) is 24.1 Å². The molecule has 4 N–H and O–H groups in total. The van der Waals surface area contributed by atoms with Crippen molar-refractivity contribution in [1.29, 1.82) is 5.26 Å². The van der Waals surface area contributed by atoms with Gasteiger partial charge < -0.3 is 14.9 Å². The number of anilines is 1. The van der Waals surface area contributed by atoms with Crippen LogP contribution in [0.1, 0.15) is 6.23 Å². The standard InChI is InChI=1S/C10H11FN4O5/c11-6-7(18)10(3-12,4-16)20-8(6)15-2-1-5(17)13-9(15)14-19/h1-2,6-8,16,18-19H,4H2,(H,13,14,17)/t6-,7+,8-,10-/m1/s1. The molecule has 4 atom stereocenters. The summed E-state index contributed by atoms with van der Waals surface area (Å²) < 4.78 is 20.0. The molecule has 1 aliphatic heterocycles. The second kappa shape index (κ2) is 5.14. The Hall–Kier alpha value is -2.06. The van der Waals surface area contributed by atoms with Crippen molar-refractivity contribution < 1.29 is 24.5 Å². The van der Waals surface area contributed by atoms with Crippen molar-refractivity contribution in [2.24, 2.45) is 0 Å². The number of nitrogens with one attached hydrogen (secondary N) is 1. The maximum Gasteiger partial charge on any atom is 0.274 e. The second-order valence-corrected chi connectivity index (χ2v) is 4.17. The van der Waals surface area contributed by atoms with Crippen LogP contribution in [0.25, 0.3) is 0 Å². The first-order valence-electron chi connectivity index (χ1n) is 5.50. The Balaban J connectivity index is 2.45. The van der Waals surface area contributed by atoms with Gasteiger partial charge in [-0.25, -0.2) is 9.87 Å². The molecule has 9 nitrogen and oxygen atoms in total. The minimum Gasteiger partial charge on any atom is -0.392 e. The molecule has 0 bridgehead atoms. The van der Waals surface area contributed by atoms with Gasteiger partial charge in [0.2, 0.25) is 11.5 Å². The van der Waals surface area contributed by atoms with Crippen LogP contribution in [0.3, 0.4) is 0 Å². The van der Waals surface area contributed by atoms with E-state index in [0.29, 0.717) is 0 Å². The molecule has 1 aromatic rings. The van der Waals surface area contributed by atoms with Crippen LogP contribution >= 0.6 is 0 Å². The Morgan fingerprint density at radius 2 is 2.40 bits per heavy atom. The molecular weight excluding hydrogens is 275 g/mol. The Kier molecular flexibility index (Phi) is 3.69. The molecule has 1 aliphatic rings. The van der Waals surface area contributed by atoms with E-state index < -0.39 is 42.2 Å². The highest BCUT2D eigenvalue weighted by molar-refractivity contribution is 5.24. The van der Waals surface area contributed by atoms with E-state index in [9.17, 15) is 14.3 Å². The van der Waals surface area contributed by atoms with Crippen LogP contribution in [-0.2, 0) is 4.74 Å². The Morgan fingerprint density at radius 3 is 2.90 bits per heavy atom. The summed E-state index contributed by atoms with van der Waals surface area (Å²) in [5.74, 6) is -0.427. The van der Waals surface area contributed by atoms with Gasteiger partial charge in [-0.15, -0.1) is 0 Å². The molecule has 2 rings (SSSR count). The third kappa shape index (κ3) is 2.02. The minimum atomic E-state index is -2.13. The molecule has 0 unspecified atom stereocenters. The molecule has 20 heavy (non-hydrogen) atoms. The first-order chi connectivity index (χ1) is 9.49. The van der Waals surface area contributed by atoms with Gasteiger partial charge in [-0.3, -0.25) is 14.6 Å². The average molecular weight is 286 g/mol. The molecule has 0 amide bonds. The first-order valence-corrected chi connectivity index (χ1v) is 5.50. The van der Waals surface area contributed by atoms with E-state index in [4.69, 9.17) is 20.3 Å². The lowest BCUT2D eigenvalue weighted by molar-refractivity contribution is -0.0922. The Labute approximate surface area is 111 Å². The van der Waals surface area contributed by atoms with Gasteiger partial charge in [0, 0.05) is 12.3 Å². The number of aliphatic hydroxyl groups is 2. The van der Waals surface area contributed by atoms with E-state index >= 15 is 0 Å². The summed E-state index contributed by atoms with van der Waals surface area (Å²) in [6.07, 6.45) is -4.44. The number of aliphatic hydroxyl groups excluding tert-OH is 2. The van der Waals surface area contributed by atoms with Gasteiger partial charge in [-0.05, 0) is 0 Å². The number of halogens is 1. The fraction of sp³-hybridized carbons (Fsp3) is 0.500. The molecule has 0 spiro atoms. The number of alkyl halides is 1. The van der Waals surface area contributed by atoms with Gasteiger partial charge in [0.25, 0.3) is 5.56 Å². The van der Waals surface area contributed by atoms with Crippen LogP contribution in [0.15, 0.2) is 17.1 Å². The molecule has 0 radical (unpaired) electrons. The molecule has 1 fully saturated rings. The zero-order chi connectivity index (χ0) is 14.9. The van der Waals surface area contributed by atoms with Crippen molar-refractivity contribution in [3.05, 3.63) is 22.6 Å². The van der Waals surface area contributed by atoms with Crippen molar-refractivity contribution >= 4 is 5.95 Å². The second-order valence-electron chi connectivity index (χ2n) is 4.17. The Morgan fingerprint density at radius 1 is 1.70 bits per heavy atom. The quantitative estimate of drug-likeness (QED) is 0.493. The predicted molar refractivity (Wildman–Crippen MR) is 60.4 cm³/mol. The number of ether oxygens (including phenoxy) is 1. The van der Waals surface area contributed by atoms with Crippen LogP contribution in [0.5, 0.6) is 0 Å². The van der Waals surface area contributed by atoms with Crippen LogP contribution in [-0.4, -0.2) is 49.5 Å². The average Bonchev–Trinajstić information content (AvgIpc) is 2.72. The van der Waals surface area contributed by atoms with E-state index in [1.807, 2.05) is 0 Å². The monoisotopic (exact) mass is 286 g/mol. The lowest BCUT2D eigenvalue weighted by atomic mass is 9.99. The number of hydrogen-bond acceptors (Lipinski definition) is 8. The van der Waals surface area contributed by atoms with Crippen molar-refractivity contribution in [1.82, 2.24) is 9.55 Å². The molecule has 108 valence electrons. The first kappa shape index (κ1) is 14.4. The molecule has 10 heteroatoms. The molecule has 0 aromatic carbocycles. The number of hydrogen-bond donors (Lipinski definition) is 4. The third-order valence-corrected chi connectivity index (χ3v) is 3.02. The largest absolute Gasteiger partial charge is 0.392 e. The van der Waals surface area contributed by atoms with Gasteiger partial charge in [0.05, 0.1) is 6.61 Å². The van der Waals surface area contributed by atoms with Gasteiger partial charge in [-0.2, -0.15) is 10.2 Å². The maximum absolute atomic E-state index is 14.1. The van der Waals surface area contributed by atoms with E-state index in [1.54, 1.807) is 5.48 Å². The molecule has 1 saturated heterocycles. The zero-order valence-corrected chi connectivity index (χ0v) is 9.97. The van der Waals surface area contributed by atoms with Crippen LogP contribution < -0.4 is 11.0 Å². The number of aromatic nitrogens is 2. The molecule has 2 heterocycles. The Bertz CT molecular complexity index is 602. The molecule has 0 saturated carbocycles. The summed E-state index contributed by atoms with van der Waals surface area (Å²) in [6.45, 7) is -0.920. The van der Waals surface area contributed by atoms with E-state index in [2.05, 4.69) is 4.98 Å². The number of nitriles is 1. The highest BCUT2D eigenvalue weighted by atomic mass is 19.1. The lowest BCUT2D eigenvalue weighted by Gasteiger charge is -2.22. The maximum atomic E-state index is 14.1. The zero-order valence-electron chi connectivity index (χ0n) is 9.97. The fourth-order valence-corrected chi connectivity index (χ4v) is 1.93. The van der Waals surface area contributed by atoms with E-state index in [1.165, 1.54) is 6.07 Å². The van der Waals surface area contributed by atoms with E-state index in [0.717, 1.165) is 16.8 Å². The summed E-state index contributed by atoms with van der Waals surface area (Å²) in [7, 11) is 0. The summed E-state index contributed by atoms with van der Waals surface area (Å²) in [4.78, 5) is 14.4. The van der Waals surface area contributed by atoms with Gasteiger partial charge in [0.1, 0.15) is 12.2 Å². The smallest absolute Gasteiger partial charge is 0.274 e. The lowest BCUT2D eigenvalue weighted by Crippen LogP contribution is -2.44. The number of nitrogens with zero attached hydrogens (tertiary/aromatic N) is 3. The molecule has 1 aromatic heterocycles. The van der Waals surface area contributed by atoms with Crippen molar-refractivity contribution in [2.75, 3.05) is 12.1 Å². The van der Waals surface area contributed by atoms with Crippen LogP contribution in [0.2, 0.25) is 0 Å². The normalized spacial score (nSPS) is 32.9. The fourth-order valence-electron chi connectivity index (χ4n) is 1.93. The highest BCUT2D eigenvalue weighted by Crippen LogP contribution is 2.39. The van der Waals surface area contributed by atoms with Crippen LogP contribution in [0, 0.1) is 11.3 Å². The molecular formula is C10H11FN4O5. The van der Waals surface area contributed by atoms with Gasteiger partial charge >= 0.3 is 0 Å². The van der Waals surface area contributed by atoms with Crippen molar-refractivity contribution in [3.8, 4) is 6.07 Å².